The molecule has 0 aliphatic carbocycles. The molecule has 34 heavy (non-hydrogen) atoms. The van der Waals surface area contributed by atoms with Gasteiger partial charge in [-0.3, -0.25) is 19.2 Å². The predicted octanol–water partition coefficient (Wildman–Crippen LogP) is 3.69. The molecule has 0 saturated heterocycles. The van der Waals surface area contributed by atoms with E-state index in [2.05, 4.69) is 5.48 Å². The number of ketones is 1. The summed E-state index contributed by atoms with van der Waals surface area (Å²) in [7, 11) is 0. The van der Waals surface area contributed by atoms with Gasteiger partial charge in [0.15, 0.2) is 0 Å². The van der Waals surface area contributed by atoms with E-state index in [1.165, 1.54) is 0 Å². The van der Waals surface area contributed by atoms with E-state index in [0.29, 0.717) is 18.8 Å². The molecule has 0 aromatic heterocycles. The van der Waals surface area contributed by atoms with Crippen molar-refractivity contribution in [2.45, 2.75) is 52.2 Å². The van der Waals surface area contributed by atoms with Crippen LogP contribution in [0.15, 0.2) is 54.6 Å². The Hall–Kier alpha value is -3.70. The van der Waals surface area contributed by atoms with Gasteiger partial charge in [0.1, 0.15) is 23.3 Å². The van der Waals surface area contributed by atoms with Gasteiger partial charge >= 0.3 is 5.97 Å². The Morgan fingerprint density at radius 3 is 2.29 bits per heavy atom. The van der Waals surface area contributed by atoms with Crippen LogP contribution in [0.2, 0.25) is 0 Å². The van der Waals surface area contributed by atoms with E-state index in [1.807, 2.05) is 30.3 Å². The van der Waals surface area contributed by atoms with Crippen LogP contribution in [0.3, 0.4) is 0 Å². The highest BCUT2D eigenvalue weighted by Crippen LogP contribution is 2.19. The molecular formula is C26H30N2O6. The van der Waals surface area contributed by atoms with E-state index in [1.54, 1.807) is 51.1 Å². The van der Waals surface area contributed by atoms with Gasteiger partial charge in [-0.15, -0.1) is 0 Å². The molecule has 1 amide bonds. The number of hydrogen-bond acceptors (Lipinski definition) is 7. The Balaban J connectivity index is 1.97. The van der Waals surface area contributed by atoms with E-state index in [4.69, 9.17) is 19.6 Å². The zero-order valence-electron chi connectivity index (χ0n) is 19.7. The SMILES string of the molecule is CC(C)(C)OC(=O)[C@@H](Cc1ccc(OCCCC(=O)C#N)cc1)C(=O)NOCc1ccccc1. The largest absolute Gasteiger partial charge is 0.494 e. The lowest BCUT2D eigenvalue weighted by atomic mass is 9.98. The summed E-state index contributed by atoms with van der Waals surface area (Å²) in [5.41, 5.74) is 3.23. The molecule has 0 radical (unpaired) electrons. The molecule has 0 spiro atoms. The van der Waals surface area contributed by atoms with Gasteiger partial charge in [0, 0.05) is 6.42 Å². The lowest BCUT2D eigenvalue weighted by Gasteiger charge is -2.23. The number of hydroxylamine groups is 1. The van der Waals surface area contributed by atoms with Gasteiger partial charge in [-0.05, 0) is 56.9 Å². The lowest BCUT2D eigenvalue weighted by molar-refractivity contribution is -0.165. The number of benzene rings is 2. The number of hydrogen-bond donors (Lipinski definition) is 1. The topological polar surface area (TPSA) is 115 Å². The number of nitrogens with zero attached hydrogens (tertiary/aromatic N) is 1. The molecule has 1 N–H and O–H groups in total. The molecule has 2 aromatic carbocycles. The molecule has 0 saturated carbocycles. The Bertz CT molecular complexity index is 991. The summed E-state index contributed by atoms with van der Waals surface area (Å²) in [5.74, 6) is -2.22. The third-order valence-corrected chi connectivity index (χ3v) is 4.57. The highest BCUT2D eigenvalue weighted by atomic mass is 16.7. The second-order valence-corrected chi connectivity index (χ2v) is 8.66. The number of esters is 1. The third-order valence-electron chi connectivity index (χ3n) is 4.57. The van der Waals surface area contributed by atoms with Crippen LogP contribution in [0, 0.1) is 17.2 Å². The number of nitriles is 1. The van der Waals surface area contributed by atoms with Crippen LogP contribution in [0.4, 0.5) is 0 Å². The third kappa shape index (κ3) is 9.84. The van der Waals surface area contributed by atoms with Crippen LogP contribution in [0.25, 0.3) is 0 Å². The molecule has 0 unspecified atom stereocenters. The van der Waals surface area contributed by atoms with Crippen LogP contribution in [0.1, 0.15) is 44.7 Å². The van der Waals surface area contributed by atoms with Gasteiger partial charge < -0.3 is 9.47 Å². The fraction of sp³-hybridized carbons (Fsp3) is 0.385. The molecule has 0 bridgehead atoms. The number of rotatable bonds is 12. The first kappa shape index (κ1) is 26.6. The first-order valence-electron chi connectivity index (χ1n) is 11.0. The normalized spacial score (nSPS) is 11.7. The van der Waals surface area contributed by atoms with Crippen LogP contribution in [0.5, 0.6) is 5.75 Å². The van der Waals surface area contributed by atoms with Crippen molar-refractivity contribution in [3.63, 3.8) is 0 Å². The Morgan fingerprint density at radius 1 is 1.00 bits per heavy atom. The van der Waals surface area contributed by atoms with Gasteiger partial charge in [0.25, 0.3) is 5.91 Å². The summed E-state index contributed by atoms with van der Waals surface area (Å²) in [5, 5.41) is 8.48. The second-order valence-electron chi connectivity index (χ2n) is 8.66. The highest BCUT2D eigenvalue weighted by Gasteiger charge is 2.31. The average molecular weight is 467 g/mol. The molecule has 0 aliphatic rings. The van der Waals surface area contributed by atoms with E-state index in [9.17, 15) is 14.4 Å². The van der Waals surface area contributed by atoms with Crippen molar-refractivity contribution < 1.29 is 28.7 Å². The maximum atomic E-state index is 12.8. The standard InChI is InChI=1S/C26H30N2O6/c1-26(2,3)34-25(31)23(24(30)28-33-18-20-8-5-4-6-9-20)16-19-11-13-22(14-12-19)32-15-7-10-21(29)17-27/h4-6,8-9,11-14,23H,7,10,15-16,18H2,1-3H3,(H,28,30)/t23-/m0/s1. The summed E-state index contributed by atoms with van der Waals surface area (Å²) in [6, 6.07) is 17.9. The first-order chi connectivity index (χ1) is 16.2. The minimum Gasteiger partial charge on any atom is -0.494 e. The van der Waals surface area contributed by atoms with Gasteiger partial charge in [-0.2, -0.15) is 5.26 Å². The smallest absolute Gasteiger partial charge is 0.319 e. The quantitative estimate of drug-likeness (QED) is 0.167. The lowest BCUT2D eigenvalue weighted by Crippen LogP contribution is -2.40. The molecule has 0 aliphatic heterocycles. The molecular weight excluding hydrogens is 436 g/mol. The zero-order valence-corrected chi connectivity index (χ0v) is 19.7. The fourth-order valence-electron chi connectivity index (χ4n) is 2.93. The first-order valence-corrected chi connectivity index (χ1v) is 11.0. The predicted molar refractivity (Wildman–Crippen MR) is 124 cm³/mol. The second kappa shape index (κ2) is 13.1. The summed E-state index contributed by atoms with van der Waals surface area (Å²) in [4.78, 5) is 41.8. The van der Waals surface area contributed by atoms with E-state index >= 15 is 0 Å². The Kier molecular flexibility index (Phi) is 10.2. The molecule has 8 heteroatoms. The number of carbonyl (C=O) groups is 3. The maximum absolute atomic E-state index is 12.8. The maximum Gasteiger partial charge on any atom is 0.319 e. The van der Waals surface area contributed by atoms with Crippen LogP contribution < -0.4 is 10.2 Å². The Morgan fingerprint density at radius 2 is 1.68 bits per heavy atom. The van der Waals surface area contributed by atoms with Crippen LogP contribution in [-0.2, 0) is 37.0 Å². The van der Waals surface area contributed by atoms with Crippen molar-refractivity contribution in [2.24, 2.45) is 5.92 Å². The Labute approximate surface area is 199 Å². The number of amides is 1. The minimum absolute atomic E-state index is 0.117. The van der Waals surface area contributed by atoms with Crippen LogP contribution >= 0.6 is 0 Å². The monoisotopic (exact) mass is 466 g/mol. The average Bonchev–Trinajstić information content (AvgIpc) is 2.80. The van der Waals surface area contributed by atoms with E-state index in [-0.39, 0.29) is 19.4 Å². The van der Waals surface area contributed by atoms with Gasteiger partial charge in [-0.1, -0.05) is 42.5 Å². The minimum atomic E-state index is -1.10. The van der Waals surface area contributed by atoms with Gasteiger partial charge in [0.05, 0.1) is 13.2 Å². The number of carbonyl (C=O) groups excluding carboxylic acids is 3. The van der Waals surface area contributed by atoms with Crippen molar-refractivity contribution in [3.05, 3.63) is 65.7 Å². The summed E-state index contributed by atoms with van der Waals surface area (Å²) in [6.07, 6.45) is 0.706. The summed E-state index contributed by atoms with van der Waals surface area (Å²) >= 11 is 0. The van der Waals surface area contributed by atoms with E-state index < -0.39 is 29.2 Å². The summed E-state index contributed by atoms with van der Waals surface area (Å²) < 4.78 is 11.0. The molecule has 2 aromatic rings. The highest BCUT2D eigenvalue weighted by molar-refractivity contribution is 5.97. The van der Waals surface area contributed by atoms with Gasteiger partial charge in [-0.25, -0.2) is 5.48 Å². The van der Waals surface area contributed by atoms with Crippen molar-refractivity contribution in [2.75, 3.05) is 6.61 Å². The van der Waals surface area contributed by atoms with E-state index in [0.717, 1.165) is 11.1 Å². The zero-order chi connectivity index (χ0) is 25.0. The van der Waals surface area contributed by atoms with Crippen LogP contribution in [-0.4, -0.2) is 29.9 Å². The molecule has 1 atom stereocenters. The number of Topliss-reactive ketones (excluding diaryl/α,β-unsaturated/α-hetero) is 1. The molecule has 180 valence electrons. The molecule has 8 nitrogen and oxygen atoms in total. The molecule has 0 fully saturated rings. The van der Waals surface area contributed by atoms with Crippen molar-refractivity contribution >= 4 is 17.7 Å². The van der Waals surface area contributed by atoms with Crippen molar-refractivity contribution in [1.29, 1.82) is 5.26 Å². The number of nitrogens with one attached hydrogen (secondary N) is 1. The molecule has 2 rings (SSSR count). The van der Waals surface area contributed by atoms with Crippen molar-refractivity contribution in [1.82, 2.24) is 5.48 Å². The number of ether oxygens (including phenoxy) is 2. The molecule has 0 heterocycles. The fourth-order valence-corrected chi connectivity index (χ4v) is 2.93. The van der Waals surface area contributed by atoms with Crippen molar-refractivity contribution in [3.8, 4) is 11.8 Å². The van der Waals surface area contributed by atoms with Gasteiger partial charge in [0.2, 0.25) is 5.78 Å². The summed E-state index contributed by atoms with van der Waals surface area (Å²) in [6.45, 7) is 5.68.